The molecule has 2 rings (SSSR count). The standard InChI is InChI=1S/C18H22O2/c1-3-14-20-18(19-2,17-12-8-5-9-13-17)15-16-10-6-4-7-11-16/h4-13H,3,14-15H2,1-2H3. The molecule has 0 aromatic heterocycles. The van der Waals surface area contributed by atoms with Crippen molar-refractivity contribution >= 4 is 0 Å². The second-order valence-corrected chi connectivity index (χ2v) is 4.83. The van der Waals surface area contributed by atoms with Crippen molar-refractivity contribution in [3.8, 4) is 0 Å². The van der Waals surface area contributed by atoms with E-state index in [4.69, 9.17) is 9.47 Å². The number of methoxy groups -OCH3 is 1. The van der Waals surface area contributed by atoms with Crippen LogP contribution in [0.25, 0.3) is 0 Å². The maximum absolute atomic E-state index is 6.10. The van der Waals surface area contributed by atoms with Crippen molar-refractivity contribution in [2.45, 2.75) is 25.6 Å². The zero-order valence-corrected chi connectivity index (χ0v) is 12.2. The molecule has 0 spiro atoms. The third-order valence-electron chi connectivity index (χ3n) is 3.36. The molecule has 0 saturated heterocycles. The first kappa shape index (κ1) is 14.8. The van der Waals surface area contributed by atoms with Gasteiger partial charge in [0.25, 0.3) is 0 Å². The Kier molecular flexibility index (Phi) is 5.33. The van der Waals surface area contributed by atoms with Gasteiger partial charge in [-0.2, -0.15) is 0 Å². The molecule has 2 nitrogen and oxygen atoms in total. The lowest BCUT2D eigenvalue weighted by Gasteiger charge is -2.33. The van der Waals surface area contributed by atoms with Crippen molar-refractivity contribution in [2.75, 3.05) is 13.7 Å². The number of hydrogen-bond donors (Lipinski definition) is 0. The van der Waals surface area contributed by atoms with E-state index >= 15 is 0 Å². The first-order valence-corrected chi connectivity index (χ1v) is 7.09. The number of ether oxygens (including phenoxy) is 2. The quantitative estimate of drug-likeness (QED) is 0.703. The molecule has 0 bridgehead atoms. The van der Waals surface area contributed by atoms with E-state index in [0.29, 0.717) is 13.0 Å². The van der Waals surface area contributed by atoms with Gasteiger partial charge in [-0.05, 0) is 12.0 Å². The Hall–Kier alpha value is -1.64. The predicted octanol–water partition coefficient (Wildman–Crippen LogP) is 4.16. The van der Waals surface area contributed by atoms with Gasteiger partial charge >= 0.3 is 0 Å². The predicted molar refractivity (Wildman–Crippen MR) is 81.5 cm³/mol. The molecule has 2 aromatic rings. The molecule has 2 aromatic carbocycles. The van der Waals surface area contributed by atoms with Crippen LogP contribution in [0.5, 0.6) is 0 Å². The van der Waals surface area contributed by atoms with Crippen molar-refractivity contribution in [3.05, 3.63) is 71.8 Å². The summed E-state index contributed by atoms with van der Waals surface area (Å²) >= 11 is 0. The molecule has 2 heteroatoms. The van der Waals surface area contributed by atoms with Gasteiger partial charge in [0.1, 0.15) is 0 Å². The Bertz CT molecular complexity index is 495. The van der Waals surface area contributed by atoms with Gasteiger partial charge in [0.05, 0.1) is 6.61 Å². The topological polar surface area (TPSA) is 18.5 Å². The first-order valence-electron chi connectivity index (χ1n) is 7.09. The lowest BCUT2D eigenvalue weighted by atomic mass is 9.97. The van der Waals surface area contributed by atoms with Gasteiger partial charge in [-0.15, -0.1) is 0 Å². The Morgan fingerprint density at radius 3 is 2.05 bits per heavy atom. The summed E-state index contributed by atoms with van der Waals surface area (Å²) in [4.78, 5) is 0. The van der Waals surface area contributed by atoms with Crippen molar-refractivity contribution in [1.29, 1.82) is 0 Å². The Morgan fingerprint density at radius 2 is 1.50 bits per heavy atom. The van der Waals surface area contributed by atoms with E-state index in [-0.39, 0.29) is 0 Å². The molecule has 0 saturated carbocycles. The first-order chi connectivity index (χ1) is 9.80. The van der Waals surface area contributed by atoms with Crippen molar-refractivity contribution in [1.82, 2.24) is 0 Å². The van der Waals surface area contributed by atoms with Crippen LogP contribution in [0.3, 0.4) is 0 Å². The minimum atomic E-state index is -0.710. The summed E-state index contributed by atoms with van der Waals surface area (Å²) in [6.45, 7) is 2.78. The van der Waals surface area contributed by atoms with E-state index in [1.165, 1.54) is 5.56 Å². The second-order valence-electron chi connectivity index (χ2n) is 4.83. The van der Waals surface area contributed by atoms with Crippen LogP contribution < -0.4 is 0 Å². The van der Waals surface area contributed by atoms with Crippen LogP contribution in [-0.4, -0.2) is 13.7 Å². The van der Waals surface area contributed by atoms with E-state index in [9.17, 15) is 0 Å². The maximum Gasteiger partial charge on any atom is 0.198 e. The van der Waals surface area contributed by atoms with Gasteiger partial charge in [-0.3, -0.25) is 0 Å². The SMILES string of the molecule is CCCOC(Cc1ccccc1)(OC)c1ccccc1. The van der Waals surface area contributed by atoms with E-state index < -0.39 is 5.79 Å². The molecule has 20 heavy (non-hydrogen) atoms. The van der Waals surface area contributed by atoms with Crippen LogP contribution in [0.2, 0.25) is 0 Å². The fourth-order valence-electron chi connectivity index (χ4n) is 2.31. The minimum absolute atomic E-state index is 0.676. The molecule has 1 unspecified atom stereocenters. The monoisotopic (exact) mass is 270 g/mol. The summed E-state index contributed by atoms with van der Waals surface area (Å²) in [5.74, 6) is -0.710. The summed E-state index contributed by atoms with van der Waals surface area (Å²) in [7, 11) is 1.71. The molecule has 0 amide bonds. The van der Waals surface area contributed by atoms with Crippen molar-refractivity contribution in [3.63, 3.8) is 0 Å². The second kappa shape index (κ2) is 7.22. The molecule has 106 valence electrons. The highest BCUT2D eigenvalue weighted by atomic mass is 16.7. The van der Waals surface area contributed by atoms with Crippen LogP contribution >= 0.6 is 0 Å². The maximum atomic E-state index is 6.10. The van der Waals surface area contributed by atoms with E-state index in [1.54, 1.807) is 7.11 Å². The number of benzene rings is 2. The lowest BCUT2D eigenvalue weighted by molar-refractivity contribution is -0.231. The van der Waals surface area contributed by atoms with E-state index in [0.717, 1.165) is 12.0 Å². The van der Waals surface area contributed by atoms with Gasteiger partial charge < -0.3 is 9.47 Å². The zero-order valence-electron chi connectivity index (χ0n) is 12.2. The Balaban J connectivity index is 2.32. The van der Waals surface area contributed by atoms with Gasteiger partial charge in [-0.1, -0.05) is 67.6 Å². The summed E-state index contributed by atoms with van der Waals surface area (Å²) in [6.07, 6.45) is 1.67. The average Bonchev–Trinajstić information content (AvgIpc) is 2.53. The van der Waals surface area contributed by atoms with E-state index in [1.807, 2.05) is 36.4 Å². The fourth-order valence-corrected chi connectivity index (χ4v) is 2.31. The summed E-state index contributed by atoms with van der Waals surface area (Å²) < 4.78 is 11.9. The number of rotatable bonds is 7. The van der Waals surface area contributed by atoms with Crippen LogP contribution in [0.4, 0.5) is 0 Å². The summed E-state index contributed by atoms with van der Waals surface area (Å²) in [5, 5.41) is 0. The van der Waals surface area contributed by atoms with Crippen molar-refractivity contribution < 1.29 is 9.47 Å². The largest absolute Gasteiger partial charge is 0.349 e. The smallest absolute Gasteiger partial charge is 0.198 e. The normalized spacial score (nSPS) is 13.9. The van der Waals surface area contributed by atoms with Gasteiger partial charge in [0, 0.05) is 19.1 Å². The summed E-state index contributed by atoms with van der Waals surface area (Å²) in [5.41, 5.74) is 2.26. The van der Waals surface area contributed by atoms with Crippen LogP contribution in [0.15, 0.2) is 60.7 Å². The van der Waals surface area contributed by atoms with Gasteiger partial charge in [0.2, 0.25) is 0 Å². The highest BCUT2D eigenvalue weighted by Crippen LogP contribution is 2.31. The fraction of sp³-hybridized carbons (Fsp3) is 0.333. The van der Waals surface area contributed by atoms with Crippen LogP contribution in [0.1, 0.15) is 24.5 Å². The van der Waals surface area contributed by atoms with E-state index in [2.05, 4.69) is 31.2 Å². The molecular weight excluding hydrogens is 248 g/mol. The van der Waals surface area contributed by atoms with Crippen LogP contribution in [0, 0.1) is 0 Å². The minimum Gasteiger partial charge on any atom is -0.349 e. The average molecular weight is 270 g/mol. The highest BCUT2D eigenvalue weighted by molar-refractivity contribution is 5.25. The Labute approximate surface area is 121 Å². The van der Waals surface area contributed by atoms with Gasteiger partial charge in [-0.25, -0.2) is 0 Å². The molecule has 1 atom stereocenters. The third kappa shape index (κ3) is 3.47. The highest BCUT2D eigenvalue weighted by Gasteiger charge is 2.33. The molecule has 0 aliphatic heterocycles. The lowest BCUT2D eigenvalue weighted by Crippen LogP contribution is -2.35. The molecule has 0 fully saturated rings. The molecule has 0 N–H and O–H groups in total. The number of hydrogen-bond acceptors (Lipinski definition) is 2. The summed E-state index contributed by atoms with van der Waals surface area (Å²) in [6, 6.07) is 20.5. The molecular formula is C18H22O2. The third-order valence-corrected chi connectivity index (χ3v) is 3.36. The molecule has 0 aliphatic rings. The molecule has 0 radical (unpaired) electrons. The molecule has 0 aliphatic carbocycles. The zero-order chi connectivity index (χ0) is 14.3. The Morgan fingerprint density at radius 1 is 0.900 bits per heavy atom. The molecule has 0 heterocycles. The van der Waals surface area contributed by atoms with Gasteiger partial charge in [0.15, 0.2) is 5.79 Å². The van der Waals surface area contributed by atoms with Crippen molar-refractivity contribution in [2.24, 2.45) is 0 Å². The van der Waals surface area contributed by atoms with Crippen LogP contribution in [-0.2, 0) is 21.7 Å².